The average molecular weight is 408 g/mol. The Hall–Kier alpha value is -2.46. The van der Waals surface area contributed by atoms with Crippen molar-refractivity contribution in [2.75, 3.05) is 22.5 Å². The van der Waals surface area contributed by atoms with Gasteiger partial charge in [-0.3, -0.25) is 14.4 Å². The van der Waals surface area contributed by atoms with Gasteiger partial charge in [0.15, 0.2) is 5.13 Å². The van der Waals surface area contributed by atoms with E-state index >= 15 is 0 Å². The van der Waals surface area contributed by atoms with E-state index in [0.717, 1.165) is 5.69 Å². The molecule has 7 nitrogen and oxygen atoms in total. The first-order valence-electron chi connectivity index (χ1n) is 8.09. The molecule has 142 valence electrons. The number of halogens is 1. The van der Waals surface area contributed by atoms with Gasteiger partial charge >= 0.3 is 0 Å². The fourth-order valence-corrected chi connectivity index (χ4v) is 4.13. The van der Waals surface area contributed by atoms with Crippen molar-refractivity contribution in [1.82, 2.24) is 4.98 Å². The number of carbonyl (C=O) groups excluding carboxylic acids is 3. The lowest BCUT2D eigenvalue weighted by atomic mass is 10.1. The van der Waals surface area contributed by atoms with Crippen molar-refractivity contribution in [2.24, 2.45) is 11.7 Å². The largest absolute Gasteiger partial charge is 0.369 e. The summed E-state index contributed by atoms with van der Waals surface area (Å²) in [6.45, 7) is 0.239. The second-order valence-corrected chi connectivity index (χ2v) is 7.82. The molecule has 0 bridgehead atoms. The summed E-state index contributed by atoms with van der Waals surface area (Å²) in [4.78, 5) is 41.2. The summed E-state index contributed by atoms with van der Waals surface area (Å²) in [6.07, 6.45) is 0.0932. The van der Waals surface area contributed by atoms with Gasteiger partial charge < -0.3 is 16.0 Å². The molecule has 1 aromatic carbocycles. The molecule has 3 rings (SSSR count). The Balaban J connectivity index is 1.56. The normalized spacial score (nSPS) is 16.6. The lowest BCUT2D eigenvalue weighted by molar-refractivity contribution is -0.122. The van der Waals surface area contributed by atoms with Gasteiger partial charge in [0.25, 0.3) is 0 Å². The van der Waals surface area contributed by atoms with Gasteiger partial charge in [0.1, 0.15) is 5.82 Å². The predicted octanol–water partition coefficient (Wildman–Crippen LogP) is 1.99. The lowest BCUT2D eigenvalue weighted by Crippen LogP contribution is -2.28. The number of nitrogens with zero attached hydrogens (tertiary/aromatic N) is 2. The Bertz CT molecular complexity index is 856. The number of primary amides is 1. The third-order valence-electron chi connectivity index (χ3n) is 3.91. The molecule has 2 aromatic rings. The topological polar surface area (TPSA) is 105 Å². The van der Waals surface area contributed by atoms with Crippen LogP contribution in [0.5, 0.6) is 0 Å². The van der Waals surface area contributed by atoms with Crippen molar-refractivity contribution in [3.05, 3.63) is 41.2 Å². The molecule has 10 heteroatoms. The van der Waals surface area contributed by atoms with E-state index in [2.05, 4.69) is 10.3 Å². The maximum Gasteiger partial charge on any atom is 0.231 e. The van der Waals surface area contributed by atoms with Crippen molar-refractivity contribution in [2.45, 2.75) is 12.2 Å². The number of carbonyl (C=O) groups is 3. The first-order valence-corrected chi connectivity index (χ1v) is 10.1. The summed E-state index contributed by atoms with van der Waals surface area (Å²) >= 11 is 2.63. The quantitative estimate of drug-likeness (QED) is 0.729. The first-order chi connectivity index (χ1) is 12.9. The number of hydrogen-bond acceptors (Lipinski definition) is 6. The van der Waals surface area contributed by atoms with Crippen LogP contribution in [0.25, 0.3) is 0 Å². The smallest absolute Gasteiger partial charge is 0.231 e. The summed E-state index contributed by atoms with van der Waals surface area (Å²) in [7, 11) is 0. The Labute approximate surface area is 163 Å². The van der Waals surface area contributed by atoms with Gasteiger partial charge in [-0.15, -0.1) is 23.1 Å². The second-order valence-electron chi connectivity index (χ2n) is 5.97. The third kappa shape index (κ3) is 5.04. The number of nitrogens with two attached hydrogens (primary N) is 1. The van der Waals surface area contributed by atoms with Gasteiger partial charge in [-0.1, -0.05) is 0 Å². The van der Waals surface area contributed by atoms with Gasteiger partial charge in [-0.05, 0) is 24.3 Å². The monoisotopic (exact) mass is 408 g/mol. The predicted molar refractivity (Wildman–Crippen MR) is 103 cm³/mol. The van der Waals surface area contributed by atoms with Crippen molar-refractivity contribution < 1.29 is 18.8 Å². The summed E-state index contributed by atoms with van der Waals surface area (Å²) in [6, 6.07) is 5.60. The molecular formula is C17H17FN4O3S2. The van der Waals surface area contributed by atoms with Crippen LogP contribution in [0.2, 0.25) is 0 Å². The average Bonchev–Trinajstić information content (AvgIpc) is 3.22. The molecule has 1 saturated heterocycles. The SMILES string of the molecule is NC(=O)CSCc1csc(NC(=O)C2CC(=O)N(c3ccc(F)cc3)C2)n1. The molecule has 0 aliphatic carbocycles. The van der Waals surface area contributed by atoms with Gasteiger partial charge in [0, 0.05) is 29.8 Å². The zero-order chi connectivity index (χ0) is 19.4. The van der Waals surface area contributed by atoms with Gasteiger partial charge in [-0.2, -0.15) is 0 Å². The molecule has 0 spiro atoms. The van der Waals surface area contributed by atoms with Gasteiger partial charge in [0.05, 0.1) is 17.4 Å². The highest BCUT2D eigenvalue weighted by atomic mass is 32.2. The Morgan fingerprint density at radius 2 is 2.11 bits per heavy atom. The molecule has 1 aliphatic heterocycles. The molecule has 3 amide bonds. The van der Waals surface area contributed by atoms with E-state index in [-0.39, 0.29) is 42.3 Å². The van der Waals surface area contributed by atoms with E-state index in [1.165, 1.54) is 52.3 Å². The number of thioether (sulfide) groups is 1. The van der Waals surface area contributed by atoms with Crippen molar-refractivity contribution >= 4 is 51.6 Å². The summed E-state index contributed by atoms with van der Waals surface area (Å²) in [5.41, 5.74) is 6.40. The number of benzene rings is 1. The number of aromatic nitrogens is 1. The Morgan fingerprint density at radius 3 is 2.81 bits per heavy atom. The van der Waals surface area contributed by atoms with E-state index in [4.69, 9.17) is 5.73 Å². The number of nitrogens with one attached hydrogen (secondary N) is 1. The molecule has 0 radical (unpaired) electrons. The number of anilines is 2. The highest BCUT2D eigenvalue weighted by Crippen LogP contribution is 2.27. The van der Waals surface area contributed by atoms with Crippen molar-refractivity contribution in [3.63, 3.8) is 0 Å². The Kier molecular flexibility index (Phi) is 6.07. The minimum absolute atomic E-state index is 0.0932. The van der Waals surface area contributed by atoms with Gasteiger partial charge in [0.2, 0.25) is 17.7 Å². The minimum atomic E-state index is -0.501. The first kappa shape index (κ1) is 19.3. The molecule has 3 N–H and O–H groups in total. The molecule has 1 atom stereocenters. The van der Waals surface area contributed by atoms with E-state index in [1.807, 2.05) is 0 Å². The molecular weight excluding hydrogens is 391 g/mol. The molecule has 1 aromatic heterocycles. The maximum atomic E-state index is 13.0. The van der Waals surface area contributed by atoms with Crippen LogP contribution in [0, 0.1) is 11.7 Å². The van der Waals surface area contributed by atoms with E-state index in [9.17, 15) is 18.8 Å². The summed E-state index contributed by atoms with van der Waals surface area (Å²) in [5, 5.41) is 4.98. The molecule has 27 heavy (non-hydrogen) atoms. The fourth-order valence-electron chi connectivity index (χ4n) is 2.65. The third-order valence-corrected chi connectivity index (χ3v) is 5.71. The lowest BCUT2D eigenvalue weighted by Gasteiger charge is -2.16. The zero-order valence-electron chi connectivity index (χ0n) is 14.2. The highest BCUT2D eigenvalue weighted by molar-refractivity contribution is 7.99. The number of hydrogen-bond donors (Lipinski definition) is 2. The van der Waals surface area contributed by atoms with Crippen molar-refractivity contribution in [3.8, 4) is 0 Å². The Morgan fingerprint density at radius 1 is 1.37 bits per heavy atom. The van der Waals surface area contributed by atoms with Crippen LogP contribution in [0.15, 0.2) is 29.6 Å². The van der Waals surface area contributed by atoms with Crippen LogP contribution in [0.3, 0.4) is 0 Å². The minimum Gasteiger partial charge on any atom is -0.369 e. The fraction of sp³-hybridized carbons (Fsp3) is 0.294. The number of amides is 3. The maximum absolute atomic E-state index is 13.0. The van der Waals surface area contributed by atoms with Crippen LogP contribution in [0.4, 0.5) is 15.2 Å². The van der Waals surface area contributed by atoms with Crippen LogP contribution >= 0.6 is 23.1 Å². The van der Waals surface area contributed by atoms with Crippen LogP contribution in [-0.2, 0) is 20.1 Å². The second kappa shape index (κ2) is 8.49. The molecule has 1 aliphatic rings. The van der Waals surface area contributed by atoms with E-state index in [0.29, 0.717) is 16.6 Å². The molecule has 1 unspecified atom stereocenters. The van der Waals surface area contributed by atoms with E-state index < -0.39 is 5.92 Å². The van der Waals surface area contributed by atoms with Crippen LogP contribution in [-0.4, -0.2) is 35.0 Å². The molecule has 0 saturated carbocycles. The number of rotatable bonds is 7. The standard InChI is InChI=1S/C17H17FN4O3S2/c18-11-1-3-13(4-2-11)22-6-10(5-15(22)24)16(25)21-17-20-12(8-27-17)7-26-9-14(19)23/h1-4,8,10H,5-7,9H2,(H2,19,23)(H,20,21,25). The summed E-state index contributed by atoms with van der Waals surface area (Å²) in [5.74, 6) is -0.992. The zero-order valence-corrected chi connectivity index (χ0v) is 15.8. The van der Waals surface area contributed by atoms with Gasteiger partial charge in [-0.25, -0.2) is 9.37 Å². The molecule has 1 fully saturated rings. The van der Waals surface area contributed by atoms with Crippen LogP contribution in [0.1, 0.15) is 12.1 Å². The number of thiazole rings is 1. The van der Waals surface area contributed by atoms with Crippen LogP contribution < -0.4 is 16.0 Å². The van der Waals surface area contributed by atoms with Crippen molar-refractivity contribution in [1.29, 1.82) is 0 Å². The molecule has 2 heterocycles. The highest BCUT2D eigenvalue weighted by Gasteiger charge is 2.35. The van der Waals surface area contributed by atoms with E-state index in [1.54, 1.807) is 5.38 Å². The summed E-state index contributed by atoms with van der Waals surface area (Å²) < 4.78 is 13.0.